The summed E-state index contributed by atoms with van der Waals surface area (Å²) in [6.45, 7) is 1.14. The van der Waals surface area contributed by atoms with Crippen molar-refractivity contribution < 1.29 is 13.9 Å². The number of rotatable bonds is 10. The molecule has 12 heteroatoms. The molecule has 0 spiro atoms. The van der Waals surface area contributed by atoms with Gasteiger partial charge in [0.15, 0.2) is 11.5 Å². The average Bonchev–Trinajstić information content (AvgIpc) is 3.69. The molecular formula is C35H30FN9O2. The fraction of sp³-hybridized carbons (Fsp3) is 0.143. The number of imidazole rings is 1. The molecule has 3 N–H and O–H groups in total. The smallest absolute Gasteiger partial charge is 0.228 e. The zero-order valence-corrected chi connectivity index (χ0v) is 25.7. The lowest BCUT2D eigenvalue weighted by Gasteiger charge is -2.12. The third kappa shape index (κ3) is 6.53. The van der Waals surface area contributed by atoms with Gasteiger partial charge in [-0.2, -0.15) is 5.10 Å². The zero-order chi connectivity index (χ0) is 32.3. The van der Waals surface area contributed by atoms with Crippen LogP contribution in [-0.2, 0) is 11.2 Å². The first-order valence-electron chi connectivity index (χ1n) is 15.0. The monoisotopic (exact) mass is 627 g/mol. The Morgan fingerprint density at radius 3 is 2.70 bits per heavy atom. The fourth-order valence-electron chi connectivity index (χ4n) is 5.30. The molecule has 0 bridgehead atoms. The number of pyridine rings is 3. The fourth-order valence-corrected chi connectivity index (χ4v) is 5.30. The molecule has 0 aliphatic heterocycles. The standard InChI is InChI=1S/C35H30FN9O2/c1-45(2)10-11-47-26-15-22(13-24(36)16-26)27-8-9-38-34-32(27)41-35(42-34)33-28-17-29(39-20-30(28)43-44-33)23-14-25(19-37-18-23)40-31(46)12-21-6-4-3-5-7-21/h3-9,13-20H,10-12H2,1-2H3,(H,40,46)(H,43,44)(H,38,41,42). The van der Waals surface area contributed by atoms with E-state index in [2.05, 4.69) is 35.5 Å². The van der Waals surface area contributed by atoms with E-state index in [1.807, 2.05) is 73.6 Å². The van der Waals surface area contributed by atoms with Gasteiger partial charge in [-0.05, 0) is 55.6 Å². The number of hydrogen-bond acceptors (Lipinski definition) is 8. The highest BCUT2D eigenvalue weighted by Crippen LogP contribution is 2.33. The number of aromatic amines is 2. The van der Waals surface area contributed by atoms with Gasteiger partial charge >= 0.3 is 0 Å². The number of carbonyl (C=O) groups is 1. The molecule has 5 aromatic heterocycles. The van der Waals surface area contributed by atoms with E-state index in [4.69, 9.17) is 9.72 Å². The van der Waals surface area contributed by atoms with Crippen molar-refractivity contribution in [2.75, 3.05) is 32.6 Å². The second-order valence-corrected chi connectivity index (χ2v) is 11.3. The van der Waals surface area contributed by atoms with Gasteiger partial charge in [-0.1, -0.05) is 30.3 Å². The molecule has 0 saturated carbocycles. The van der Waals surface area contributed by atoms with Gasteiger partial charge in [-0.25, -0.2) is 14.4 Å². The molecule has 0 fully saturated rings. The van der Waals surface area contributed by atoms with Crippen LogP contribution in [0.3, 0.4) is 0 Å². The molecule has 0 aliphatic carbocycles. The second kappa shape index (κ2) is 12.8. The van der Waals surface area contributed by atoms with Gasteiger partial charge in [-0.3, -0.25) is 19.9 Å². The Morgan fingerprint density at radius 2 is 1.85 bits per heavy atom. The van der Waals surface area contributed by atoms with Crippen LogP contribution < -0.4 is 10.1 Å². The minimum Gasteiger partial charge on any atom is -0.492 e. The Hall–Kier alpha value is -6.01. The second-order valence-electron chi connectivity index (χ2n) is 11.3. The van der Waals surface area contributed by atoms with Crippen LogP contribution >= 0.6 is 0 Å². The van der Waals surface area contributed by atoms with Crippen LogP contribution in [0.15, 0.2) is 91.5 Å². The van der Waals surface area contributed by atoms with E-state index in [9.17, 15) is 9.18 Å². The maximum absolute atomic E-state index is 14.7. The Bertz CT molecular complexity index is 2210. The number of amides is 1. The number of benzene rings is 2. The first-order valence-corrected chi connectivity index (χ1v) is 15.0. The molecule has 234 valence electrons. The predicted molar refractivity (Wildman–Crippen MR) is 178 cm³/mol. The Labute approximate surface area is 268 Å². The molecule has 0 unspecified atom stereocenters. The molecule has 0 aliphatic rings. The Morgan fingerprint density at radius 1 is 0.979 bits per heavy atom. The molecule has 1 amide bonds. The van der Waals surface area contributed by atoms with Crippen LogP contribution in [0.5, 0.6) is 5.75 Å². The summed E-state index contributed by atoms with van der Waals surface area (Å²) in [7, 11) is 3.91. The van der Waals surface area contributed by atoms with Crippen LogP contribution in [0.25, 0.3) is 56.0 Å². The van der Waals surface area contributed by atoms with E-state index >= 15 is 0 Å². The molecule has 0 radical (unpaired) electrons. The number of aromatic nitrogens is 7. The summed E-state index contributed by atoms with van der Waals surface area (Å²) in [5.74, 6) is 0.390. The molecule has 7 aromatic rings. The van der Waals surface area contributed by atoms with Crippen molar-refractivity contribution in [1.29, 1.82) is 0 Å². The molecule has 7 rings (SSSR count). The number of nitrogens with zero attached hydrogens (tertiary/aromatic N) is 6. The molecule has 5 heterocycles. The lowest BCUT2D eigenvalue weighted by molar-refractivity contribution is -0.115. The first kappa shape index (κ1) is 29.7. The number of ether oxygens (including phenoxy) is 1. The molecule has 47 heavy (non-hydrogen) atoms. The summed E-state index contributed by atoms with van der Waals surface area (Å²) in [5, 5.41) is 11.2. The van der Waals surface area contributed by atoms with Crippen molar-refractivity contribution in [2.45, 2.75) is 6.42 Å². The maximum atomic E-state index is 14.7. The van der Waals surface area contributed by atoms with Crippen molar-refractivity contribution in [2.24, 2.45) is 0 Å². The van der Waals surface area contributed by atoms with Crippen LogP contribution in [0.1, 0.15) is 5.56 Å². The van der Waals surface area contributed by atoms with Crippen LogP contribution in [0.2, 0.25) is 0 Å². The molecule has 11 nitrogen and oxygen atoms in total. The normalized spacial score (nSPS) is 11.4. The summed E-state index contributed by atoms with van der Waals surface area (Å²) in [6, 6.07) is 19.7. The average molecular weight is 628 g/mol. The number of halogens is 1. The molecule has 0 saturated heterocycles. The molecule has 2 aromatic carbocycles. The number of nitrogens with one attached hydrogen (secondary N) is 3. The SMILES string of the molecule is CN(C)CCOc1cc(F)cc(-c2ccnc3nc(-c4n[nH]c5cnc(-c6cncc(NC(=O)Cc7ccccc7)c6)cc45)[nH]c23)c1. The van der Waals surface area contributed by atoms with E-state index in [0.717, 1.165) is 22.1 Å². The van der Waals surface area contributed by atoms with Crippen LogP contribution in [0.4, 0.5) is 10.1 Å². The summed E-state index contributed by atoms with van der Waals surface area (Å²) >= 11 is 0. The third-order valence-corrected chi connectivity index (χ3v) is 7.58. The van der Waals surface area contributed by atoms with Crippen molar-refractivity contribution in [3.8, 4) is 39.7 Å². The quantitative estimate of drug-likeness (QED) is 0.171. The molecule has 0 atom stereocenters. The summed E-state index contributed by atoms with van der Waals surface area (Å²) in [4.78, 5) is 36.1. The highest BCUT2D eigenvalue weighted by Gasteiger charge is 2.18. The third-order valence-electron chi connectivity index (χ3n) is 7.58. The summed E-state index contributed by atoms with van der Waals surface area (Å²) in [5.41, 5.74) is 6.60. The number of likely N-dealkylation sites (N-methyl/N-ethyl adjacent to an activating group) is 1. The van der Waals surface area contributed by atoms with Gasteiger partial charge in [0.05, 0.1) is 41.2 Å². The highest BCUT2D eigenvalue weighted by atomic mass is 19.1. The lowest BCUT2D eigenvalue weighted by Crippen LogP contribution is -2.19. The highest BCUT2D eigenvalue weighted by molar-refractivity contribution is 5.97. The van der Waals surface area contributed by atoms with Crippen molar-refractivity contribution in [3.63, 3.8) is 0 Å². The van der Waals surface area contributed by atoms with Crippen LogP contribution in [0, 0.1) is 5.82 Å². The van der Waals surface area contributed by atoms with Gasteiger partial charge in [-0.15, -0.1) is 0 Å². The van der Waals surface area contributed by atoms with Crippen molar-refractivity contribution >= 4 is 33.7 Å². The van der Waals surface area contributed by atoms with E-state index in [1.165, 1.54) is 12.1 Å². The number of H-pyrrole nitrogens is 2. The van der Waals surface area contributed by atoms with Gasteiger partial charge in [0.1, 0.15) is 23.9 Å². The lowest BCUT2D eigenvalue weighted by atomic mass is 10.1. The number of fused-ring (bicyclic) bond motifs is 2. The first-order chi connectivity index (χ1) is 22.9. The van der Waals surface area contributed by atoms with Gasteiger partial charge < -0.3 is 19.9 Å². The van der Waals surface area contributed by atoms with E-state index in [0.29, 0.717) is 64.0 Å². The number of hydrogen-bond donors (Lipinski definition) is 3. The van der Waals surface area contributed by atoms with E-state index in [1.54, 1.807) is 24.8 Å². The number of carbonyl (C=O) groups excluding carboxylic acids is 1. The van der Waals surface area contributed by atoms with Gasteiger partial charge in [0, 0.05) is 41.5 Å². The summed E-state index contributed by atoms with van der Waals surface area (Å²) < 4.78 is 20.5. The predicted octanol–water partition coefficient (Wildman–Crippen LogP) is 5.89. The van der Waals surface area contributed by atoms with Gasteiger partial charge in [0.2, 0.25) is 5.91 Å². The number of anilines is 1. The summed E-state index contributed by atoms with van der Waals surface area (Å²) in [6.07, 6.45) is 6.88. The molecular weight excluding hydrogens is 597 g/mol. The van der Waals surface area contributed by atoms with Crippen molar-refractivity contribution in [1.82, 2.24) is 40.0 Å². The van der Waals surface area contributed by atoms with E-state index in [-0.39, 0.29) is 12.3 Å². The van der Waals surface area contributed by atoms with Crippen LogP contribution in [-0.4, -0.2) is 73.2 Å². The maximum Gasteiger partial charge on any atom is 0.228 e. The Balaban J connectivity index is 1.18. The van der Waals surface area contributed by atoms with Gasteiger partial charge in [0.25, 0.3) is 0 Å². The minimum absolute atomic E-state index is 0.139. The minimum atomic E-state index is -0.403. The zero-order valence-electron chi connectivity index (χ0n) is 25.7. The largest absolute Gasteiger partial charge is 0.492 e. The Kier molecular flexibility index (Phi) is 8.07. The topological polar surface area (TPSA) is 138 Å². The van der Waals surface area contributed by atoms with Crippen molar-refractivity contribution in [3.05, 3.63) is 103 Å². The van der Waals surface area contributed by atoms with E-state index < -0.39 is 5.82 Å².